The molecule has 2 unspecified atom stereocenters. The minimum atomic E-state index is 0.720. The zero-order chi connectivity index (χ0) is 7.28. The van der Waals surface area contributed by atoms with Gasteiger partial charge in [-0.2, -0.15) is 0 Å². The summed E-state index contributed by atoms with van der Waals surface area (Å²) in [7, 11) is 0. The maximum absolute atomic E-state index is 2.38. The molecule has 0 aliphatic heterocycles. The molecule has 0 nitrogen and oxygen atoms in total. The molecule has 2 atom stereocenters. The fourth-order valence-corrected chi connectivity index (χ4v) is 2.50. The topological polar surface area (TPSA) is 0 Å². The van der Waals surface area contributed by atoms with Crippen molar-refractivity contribution < 1.29 is 0 Å². The zero-order valence-corrected chi connectivity index (χ0v) is 8.30. The Morgan fingerprint density at radius 1 is 1.00 bits per heavy atom. The van der Waals surface area contributed by atoms with Gasteiger partial charge >= 0.3 is 65.3 Å². The summed E-state index contributed by atoms with van der Waals surface area (Å²) >= 11 is 0.720. The van der Waals surface area contributed by atoms with Gasteiger partial charge in [0.25, 0.3) is 0 Å². The molecule has 9 heavy (non-hydrogen) atoms. The first-order valence-electron chi connectivity index (χ1n) is 4.05. The molecule has 0 saturated carbocycles. The van der Waals surface area contributed by atoms with E-state index in [9.17, 15) is 0 Å². The molecule has 0 aromatic heterocycles. The second kappa shape index (κ2) is 5.33. The van der Waals surface area contributed by atoms with Crippen molar-refractivity contribution in [2.24, 2.45) is 0 Å². The van der Waals surface area contributed by atoms with Crippen LogP contribution in [0.3, 0.4) is 0 Å². The van der Waals surface area contributed by atoms with Crippen molar-refractivity contribution in [2.75, 3.05) is 0 Å². The maximum atomic E-state index is 2.38. The van der Waals surface area contributed by atoms with Gasteiger partial charge in [0.2, 0.25) is 0 Å². The standard InChI is InChI=1S/2C4H9.Al/c2*1-3-4-2;/h2*3H,4H2,1-2H3;/q;;+1. The van der Waals surface area contributed by atoms with Crippen molar-refractivity contribution in [1.82, 2.24) is 0 Å². The Bertz CT molecular complexity index is 53.6. The van der Waals surface area contributed by atoms with Crippen LogP contribution in [0.5, 0.6) is 0 Å². The van der Waals surface area contributed by atoms with E-state index in [-0.39, 0.29) is 0 Å². The summed E-state index contributed by atoms with van der Waals surface area (Å²) in [6, 6.07) is 0. The Labute approximate surface area is 65.7 Å². The second-order valence-electron chi connectivity index (χ2n) is 2.96. The van der Waals surface area contributed by atoms with Crippen molar-refractivity contribution in [2.45, 2.75) is 50.1 Å². The fourth-order valence-electron chi connectivity index (χ4n) is 0.833. The van der Waals surface area contributed by atoms with Crippen molar-refractivity contribution in [3.8, 4) is 0 Å². The van der Waals surface area contributed by atoms with Crippen LogP contribution in [0.1, 0.15) is 40.5 Å². The van der Waals surface area contributed by atoms with E-state index in [0.29, 0.717) is 0 Å². The van der Waals surface area contributed by atoms with Gasteiger partial charge in [0.05, 0.1) is 0 Å². The molecule has 0 aromatic carbocycles. The van der Waals surface area contributed by atoms with Crippen LogP contribution in [0.2, 0.25) is 9.56 Å². The first-order chi connectivity index (χ1) is 4.20. The monoisotopic (exact) mass is 141 g/mol. The van der Waals surface area contributed by atoms with Crippen molar-refractivity contribution in [3.63, 3.8) is 0 Å². The Hall–Kier alpha value is 0.532. The molecule has 0 heterocycles. The summed E-state index contributed by atoms with van der Waals surface area (Å²) in [5.74, 6) is 0. The van der Waals surface area contributed by atoms with E-state index in [1.54, 1.807) is 0 Å². The van der Waals surface area contributed by atoms with E-state index in [2.05, 4.69) is 27.7 Å². The predicted molar refractivity (Wildman–Crippen MR) is 45.2 cm³/mol. The Kier molecular flexibility index (Phi) is 5.64. The number of hydrogen-bond acceptors (Lipinski definition) is 0. The molecule has 1 heteroatoms. The van der Waals surface area contributed by atoms with E-state index in [1.807, 2.05) is 0 Å². The van der Waals surface area contributed by atoms with Crippen LogP contribution in [-0.2, 0) is 0 Å². The molecule has 0 aliphatic carbocycles. The van der Waals surface area contributed by atoms with Gasteiger partial charge in [-0.15, -0.1) is 0 Å². The fraction of sp³-hybridized carbons (Fsp3) is 1.00. The van der Waals surface area contributed by atoms with Crippen molar-refractivity contribution in [1.29, 1.82) is 0 Å². The SMILES string of the molecule is CC[CH](C)[Al+][CH](C)CC. The molecule has 0 fully saturated rings. The normalized spacial score (nSPS) is 16.4. The van der Waals surface area contributed by atoms with Crippen LogP contribution in [0.15, 0.2) is 0 Å². The van der Waals surface area contributed by atoms with Crippen molar-refractivity contribution in [3.05, 3.63) is 0 Å². The van der Waals surface area contributed by atoms with Crippen molar-refractivity contribution >= 4 is 15.2 Å². The average Bonchev–Trinajstić information content (AvgIpc) is 1.87. The van der Waals surface area contributed by atoms with Crippen LogP contribution in [0.4, 0.5) is 0 Å². The summed E-state index contributed by atoms with van der Waals surface area (Å²) in [5.41, 5.74) is 0. The van der Waals surface area contributed by atoms with Crippen LogP contribution in [0, 0.1) is 0 Å². The van der Waals surface area contributed by atoms with Gasteiger partial charge in [-0.05, 0) is 0 Å². The molecule has 0 saturated heterocycles. The summed E-state index contributed by atoms with van der Waals surface area (Å²) in [5, 5.41) is 0. The third-order valence-corrected chi connectivity index (χ3v) is 4.20. The van der Waals surface area contributed by atoms with E-state index >= 15 is 0 Å². The molecule has 0 spiro atoms. The molecule has 0 radical (unpaired) electrons. The summed E-state index contributed by atoms with van der Waals surface area (Å²) in [4.78, 5) is 0. The van der Waals surface area contributed by atoms with Gasteiger partial charge in [0, 0.05) is 0 Å². The molecular formula is C8H18Al+. The second-order valence-corrected chi connectivity index (χ2v) is 5.62. The summed E-state index contributed by atoms with van der Waals surface area (Å²) in [6.07, 6.45) is 2.75. The van der Waals surface area contributed by atoms with Gasteiger partial charge in [0.15, 0.2) is 0 Å². The Morgan fingerprint density at radius 3 is 1.56 bits per heavy atom. The molecule has 0 aromatic rings. The van der Waals surface area contributed by atoms with E-state index in [1.165, 1.54) is 12.8 Å². The molecule has 0 aliphatic rings. The van der Waals surface area contributed by atoms with Crippen LogP contribution < -0.4 is 0 Å². The predicted octanol–water partition coefficient (Wildman–Crippen LogP) is 3.13. The zero-order valence-electron chi connectivity index (χ0n) is 7.15. The quantitative estimate of drug-likeness (QED) is 0.528. The third-order valence-electron chi connectivity index (χ3n) is 1.94. The van der Waals surface area contributed by atoms with Gasteiger partial charge in [0.1, 0.15) is 0 Å². The van der Waals surface area contributed by atoms with E-state index in [0.717, 1.165) is 24.8 Å². The summed E-state index contributed by atoms with van der Waals surface area (Å²) in [6.45, 7) is 9.34. The third kappa shape index (κ3) is 5.00. The van der Waals surface area contributed by atoms with Gasteiger partial charge in [-0.25, -0.2) is 0 Å². The molecule has 0 N–H and O–H groups in total. The van der Waals surface area contributed by atoms with E-state index < -0.39 is 0 Å². The first-order valence-corrected chi connectivity index (χ1v) is 5.39. The molecule has 0 rings (SSSR count). The van der Waals surface area contributed by atoms with Gasteiger partial charge < -0.3 is 0 Å². The average molecular weight is 141 g/mol. The Morgan fingerprint density at radius 2 is 1.33 bits per heavy atom. The van der Waals surface area contributed by atoms with E-state index in [4.69, 9.17) is 0 Å². The summed E-state index contributed by atoms with van der Waals surface area (Å²) < 4.78 is 2.03. The van der Waals surface area contributed by atoms with Gasteiger partial charge in [-0.1, -0.05) is 0 Å². The first kappa shape index (κ1) is 9.53. The molecule has 0 bridgehead atoms. The molecule has 0 amide bonds. The van der Waals surface area contributed by atoms with Crippen LogP contribution in [0.25, 0.3) is 0 Å². The minimum absolute atomic E-state index is 0.720. The van der Waals surface area contributed by atoms with Gasteiger partial charge in [-0.3, -0.25) is 0 Å². The number of rotatable bonds is 4. The Balaban J connectivity index is 3.22. The van der Waals surface area contributed by atoms with Crippen LogP contribution in [-0.4, -0.2) is 15.2 Å². The van der Waals surface area contributed by atoms with Crippen LogP contribution >= 0.6 is 0 Å². The molecule has 52 valence electrons. The number of hydrogen-bond donors (Lipinski definition) is 0. The molecular weight excluding hydrogens is 123 g/mol.